The van der Waals surface area contributed by atoms with E-state index in [1.807, 2.05) is 0 Å². The Balaban J connectivity index is 2.15. The van der Waals surface area contributed by atoms with Crippen molar-refractivity contribution >= 4 is 23.2 Å². The van der Waals surface area contributed by atoms with Gasteiger partial charge in [0.05, 0.1) is 25.5 Å². The van der Waals surface area contributed by atoms with Crippen molar-refractivity contribution in [3.05, 3.63) is 52.5 Å². The highest BCUT2D eigenvalue weighted by atomic mass is 35.5. The quantitative estimate of drug-likeness (QED) is 0.724. The molecule has 0 saturated heterocycles. The Bertz CT molecular complexity index is 824. The average Bonchev–Trinajstić information content (AvgIpc) is 2.62. The predicted octanol–water partition coefficient (Wildman–Crippen LogP) is 5.19. The number of halogens is 4. The molecule has 0 bridgehead atoms. The first kappa shape index (κ1) is 20.9. The summed E-state index contributed by atoms with van der Waals surface area (Å²) >= 11 is 5.65. The van der Waals surface area contributed by atoms with Crippen LogP contribution in [0.15, 0.2) is 36.4 Å². The maximum atomic E-state index is 13.1. The van der Waals surface area contributed by atoms with E-state index in [0.29, 0.717) is 17.9 Å². The van der Waals surface area contributed by atoms with Gasteiger partial charge >= 0.3 is 6.18 Å². The molecule has 0 saturated carbocycles. The first-order valence-electron chi connectivity index (χ1n) is 8.04. The third-order valence-corrected chi connectivity index (χ3v) is 4.22. The van der Waals surface area contributed by atoms with E-state index >= 15 is 0 Å². The van der Waals surface area contributed by atoms with Gasteiger partial charge in [-0.1, -0.05) is 24.6 Å². The number of methoxy groups -OCH3 is 2. The third kappa shape index (κ3) is 5.29. The number of nitrogens with one attached hydrogen (secondary N) is 1. The van der Waals surface area contributed by atoms with Crippen molar-refractivity contribution < 1.29 is 27.4 Å². The van der Waals surface area contributed by atoms with Crippen LogP contribution >= 0.6 is 11.6 Å². The maximum absolute atomic E-state index is 13.1. The SMILES string of the molecule is COc1ccc(CC(C)C(=O)Nc2ccc(Cl)cc2C(F)(F)F)cc1OC. The fourth-order valence-electron chi connectivity index (χ4n) is 2.57. The molecular formula is C19H19ClF3NO3. The number of rotatable bonds is 6. The second-order valence-corrected chi connectivity index (χ2v) is 6.41. The van der Waals surface area contributed by atoms with Crippen LogP contribution < -0.4 is 14.8 Å². The Morgan fingerprint density at radius 2 is 1.78 bits per heavy atom. The summed E-state index contributed by atoms with van der Waals surface area (Å²) in [4.78, 5) is 12.4. The van der Waals surface area contributed by atoms with Gasteiger partial charge in [0.1, 0.15) is 0 Å². The molecule has 1 amide bonds. The van der Waals surface area contributed by atoms with E-state index in [9.17, 15) is 18.0 Å². The van der Waals surface area contributed by atoms with Crippen LogP contribution in [-0.2, 0) is 17.4 Å². The van der Waals surface area contributed by atoms with Crippen LogP contribution in [0, 0.1) is 5.92 Å². The number of carbonyl (C=O) groups is 1. The zero-order valence-electron chi connectivity index (χ0n) is 15.0. The van der Waals surface area contributed by atoms with Gasteiger partial charge in [-0.3, -0.25) is 4.79 Å². The number of hydrogen-bond donors (Lipinski definition) is 1. The number of amides is 1. The summed E-state index contributed by atoms with van der Waals surface area (Å²) in [7, 11) is 3.01. The van der Waals surface area contributed by atoms with Gasteiger partial charge in [0.25, 0.3) is 0 Å². The molecule has 1 unspecified atom stereocenters. The summed E-state index contributed by atoms with van der Waals surface area (Å²) < 4.78 is 49.8. The Kier molecular flexibility index (Phi) is 6.59. The van der Waals surface area contributed by atoms with Crippen molar-refractivity contribution in [2.75, 3.05) is 19.5 Å². The van der Waals surface area contributed by atoms with Crippen molar-refractivity contribution in [1.82, 2.24) is 0 Å². The molecule has 1 atom stereocenters. The molecule has 1 N–H and O–H groups in total. The molecule has 2 aromatic carbocycles. The molecule has 2 aromatic rings. The van der Waals surface area contributed by atoms with Gasteiger partial charge in [-0.25, -0.2) is 0 Å². The zero-order chi connectivity index (χ0) is 20.2. The molecule has 0 aliphatic carbocycles. The predicted molar refractivity (Wildman–Crippen MR) is 97.5 cm³/mol. The first-order valence-corrected chi connectivity index (χ1v) is 8.42. The Morgan fingerprint density at radius 1 is 1.11 bits per heavy atom. The standard InChI is InChI=1S/C19H19ClF3NO3/c1-11(8-12-4-7-16(26-2)17(9-12)27-3)18(25)24-15-6-5-13(20)10-14(15)19(21,22)23/h4-7,9-11H,8H2,1-3H3,(H,24,25). The van der Waals surface area contributed by atoms with E-state index in [0.717, 1.165) is 17.7 Å². The summed E-state index contributed by atoms with van der Waals surface area (Å²) in [5.74, 6) is -0.0357. The van der Waals surface area contributed by atoms with E-state index < -0.39 is 23.6 Å². The third-order valence-electron chi connectivity index (χ3n) is 3.98. The van der Waals surface area contributed by atoms with Crippen LogP contribution in [0.4, 0.5) is 18.9 Å². The summed E-state index contributed by atoms with van der Waals surface area (Å²) in [6.45, 7) is 1.63. The van der Waals surface area contributed by atoms with Gasteiger partial charge in [-0.05, 0) is 42.3 Å². The van der Waals surface area contributed by atoms with Crippen LogP contribution in [0.2, 0.25) is 5.02 Å². The molecule has 27 heavy (non-hydrogen) atoms. The van der Waals surface area contributed by atoms with Gasteiger partial charge < -0.3 is 14.8 Å². The molecule has 0 aromatic heterocycles. The highest BCUT2D eigenvalue weighted by Gasteiger charge is 2.34. The lowest BCUT2D eigenvalue weighted by atomic mass is 9.99. The van der Waals surface area contributed by atoms with E-state index in [-0.39, 0.29) is 10.7 Å². The van der Waals surface area contributed by atoms with Crippen molar-refractivity contribution in [1.29, 1.82) is 0 Å². The molecular weight excluding hydrogens is 383 g/mol. The van der Waals surface area contributed by atoms with Crippen LogP contribution in [0.1, 0.15) is 18.1 Å². The number of benzene rings is 2. The largest absolute Gasteiger partial charge is 0.493 e. The summed E-state index contributed by atoms with van der Waals surface area (Å²) in [5, 5.41) is 2.29. The number of carbonyl (C=O) groups excluding carboxylic acids is 1. The van der Waals surface area contributed by atoms with Crippen molar-refractivity contribution in [3.63, 3.8) is 0 Å². The normalized spacial score (nSPS) is 12.4. The summed E-state index contributed by atoms with van der Waals surface area (Å²) in [5.41, 5.74) is -0.514. The Morgan fingerprint density at radius 3 is 2.37 bits per heavy atom. The number of ether oxygens (including phenoxy) is 2. The van der Waals surface area contributed by atoms with E-state index in [1.54, 1.807) is 25.1 Å². The topological polar surface area (TPSA) is 47.6 Å². The lowest BCUT2D eigenvalue weighted by Crippen LogP contribution is -2.24. The second-order valence-electron chi connectivity index (χ2n) is 5.97. The monoisotopic (exact) mass is 401 g/mol. The minimum atomic E-state index is -4.62. The Hall–Kier alpha value is -2.41. The van der Waals surface area contributed by atoms with E-state index in [1.165, 1.54) is 20.3 Å². The van der Waals surface area contributed by atoms with E-state index in [2.05, 4.69) is 5.32 Å². The fourth-order valence-corrected chi connectivity index (χ4v) is 2.74. The number of anilines is 1. The second kappa shape index (κ2) is 8.52. The highest BCUT2D eigenvalue weighted by molar-refractivity contribution is 6.30. The van der Waals surface area contributed by atoms with Crippen LogP contribution in [0.25, 0.3) is 0 Å². The molecule has 2 rings (SSSR count). The first-order chi connectivity index (χ1) is 12.7. The van der Waals surface area contributed by atoms with Gasteiger partial charge in [-0.2, -0.15) is 13.2 Å². The summed E-state index contributed by atoms with van der Waals surface area (Å²) in [6.07, 6.45) is -4.30. The molecule has 0 aliphatic heterocycles. The molecule has 146 valence electrons. The lowest BCUT2D eigenvalue weighted by Gasteiger charge is -2.17. The summed E-state index contributed by atoms with van der Waals surface area (Å²) in [6, 6.07) is 8.44. The van der Waals surface area contributed by atoms with Gasteiger partial charge in [0, 0.05) is 10.9 Å². The molecule has 0 spiro atoms. The fraction of sp³-hybridized carbons (Fsp3) is 0.316. The number of alkyl halides is 3. The van der Waals surface area contributed by atoms with E-state index in [4.69, 9.17) is 21.1 Å². The Labute approximate surface area is 160 Å². The molecule has 0 radical (unpaired) electrons. The zero-order valence-corrected chi connectivity index (χ0v) is 15.7. The van der Waals surface area contributed by atoms with Crippen molar-refractivity contribution in [2.24, 2.45) is 5.92 Å². The van der Waals surface area contributed by atoms with Crippen molar-refractivity contribution in [3.8, 4) is 11.5 Å². The van der Waals surface area contributed by atoms with Gasteiger partial charge in [0.2, 0.25) is 5.91 Å². The lowest BCUT2D eigenvalue weighted by molar-refractivity contribution is -0.137. The highest BCUT2D eigenvalue weighted by Crippen LogP contribution is 2.36. The van der Waals surface area contributed by atoms with Crippen LogP contribution in [-0.4, -0.2) is 20.1 Å². The maximum Gasteiger partial charge on any atom is 0.418 e. The van der Waals surface area contributed by atoms with Gasteiger partial charge in [0.15, 0.2) is 11.5 Å². The molecule has 8 heteroatoms. The average molecular weight is 402 g/mol. The van der Waals surface area contributed by atoms with Crippen molar-refractivity contribution in [2.45, 2.75) is 19.5 Å². The minimum absolute atomic E-state index is 0.0568. The minimum Gasteiger partial charge on any atom is -0.493 e. The molecule has 0 aliphatic rings. The number of hydrogen-bond acceptors (Lipinski definition) is 3. The molecule has 0 fully saturated rings. The smallest absolute Gasteiger partial charge is 0.418 e. The van der Waals surface area contributed by atoms with Crippen LogP contribution in [0.3, 0.4) is 0 Å². The molecule has 4 nitrogen and oxygen atoms in total. The molecule has 0 heterocycles. The van der Waals surface area contributed by atoms with Crippen LogP contribution in [0.5, 0.6) is 11.5 Å². The van der Waals surface area contributed by atoms with Gasteiger partial charge in [-0.15, -0.1) is 0 Å².